The van der Waals surface area contributed by atoms with Crippen molar-refractivity contribution in [1.82, 2.24) is 0 Å². The highest BCUT2D eigenvalue weighted by atomic mass is 16.3. The van der Waals surface area contributed by atoms with Crippen molar-refractivity contribution in [3.63, 3.8) is 0 Å². The summed E-state index contributed by atoms with van der Waals surface area (Å²) in [5, 5.41) is 35.0. The summed E-state index contributed by atoms with van der Waals surface area (Å²) in [4.78, 5) is 0. The number of rotatable bonds is 4. The van der Waals surface area contributed by atoms with Crippen LogP contribution in [0.3, 0.4) is 0 Å². The van der Waals surface area contributed by atoms with Gasteiger partial charge in [0.1, 0.15) is 0 Å². The van der Waals surface area contributed by atoms with E-state index in [0.717, 1.165) is 57.8 Å². The lowest BCUT2D eigenvalue weighted by atomic mass is 9.34. The highest BCUT2D eigenvalue weighted by Crippen LogP contribution is 2.76. The normalized spacial score (nSPS) is 50.5. The van der Waals surface area contributed by atoms with Crippen molar-refractivity contribution in [1.29, 1.82) is 0 Å². The Kier molecular flexibility index (Phi) is 6.08. The molecule has 0 radical (unpaired) electrons. The first-order chi connectivity index (χ1) is 15.1. The van der Waals surface area contributed by atoms with Crippen LogP contribution in [0, 0.1) is 39.4 Å². The standard InChI is InChI=1S/C30H52O3/c1-20(2)10-9-15-28(7,32)23-12-18-29(8)27(6)17-11-21-25(3,4)24(31)14-16-26(21,5)22(27)13-19-30(23,29)33/h10,21-24,31-33H,9,11-19H2,1-8H3/t21-,22+,23+,24-,26-,27+,28-,29-,30-/m0/s1. The molecule has 3 N–H and O–H groups in total. The molecule has 3 nitrogen and oxygen atoms in total. The minimum atomic E-state index is -0.848. The van der Waals surface area contributed by atoms with E-state index in [1.807, 2.05) is 6.92 Å². The van der Waals surface area contributed by atoms with Crippen molar-refractivity contribution in [2.45, 2.75) is 137 Å². The molecule has 4 aliphatic rings. The summed E-state index contributed by atoms with van der Waals surface area (Å²) >= 11 is 0. The molecule has 33 heavy (non-hydrogen) atoms. The molecule has 0 heterocycles. The van der Waals surface area contributed by atoms with Crippen molar-refractivity contribution in [2.75, 3.05) is 0 Å². The molecule has 4 rings (SSSR count). The first kappa shape index (κ1) is 25.7. The molecular formula is C30H52O3. The lowest BCUT2D eigenvalue weighted by Gasteiger charge is -2.71. The highest BCUT2D eigenvalue weighted by Gasteiger charge is 2.74. The van der Waals surface area contributed by atoms with Gasteiger partial charge in [0.25, 0.3) is 0 Å². The minimum absolute atomic E-state index is 0.0458. The van der Waals surface area contributed by atoms with Gasteiger partial charge >= 0.3 is 0 Å². The summed E-state index contributed by atoms with van der Waals surface area (Å²) in [6, 6.07) is 0. The molecule has 0 aliphatic heterocycles. The Bertz CT molecular complexity index is 794. The van der Waals surface area contributed by atoms with E-state index in [0.29, 0.717) is 18.3 Å². The first-order valence-corrected chi connectivity index (χ1v) is 13.8. The number of hydrogen-bond donors (Lipinski definition) is 3. The summed E-state index contributed by atoms with van der Waals surface area (Å²) in [5.74, 6) is 1.04. The van der Waals surface area contributed by atoms with Gasteiger partial charge in [0.05, 0.1) is 17.3 Å². The van der Waals surface area contributed by atoms with Gasteiger partial charge in [0.2, 0.25) is 0 Å². The number of aliphatic hydroxyl groups is 3. The van der Waals surface area contributed by atoms with E-state index in [9.17, 15) is 15.3 Å². The smallest absolute Gasteiger partial charge is 0.0761 e. The van der Waals surface area contributed by atoms with Gasteiger partial charge in [-0.2, -0.15) is 0 Å². The fraction of sp³-hybridized carbons (Fsp3) is 0.933. The summed E-state index contributed by atoms with van der Waals surface area (Å²) in [5.41, 5.74) is -0.310. The third-order valence-electron chi connectivity index (χ3n) is 12.5. The minimum Gasteiger partial charge on any atom is -0.393 e. The van der Waals surface area contributed by atoms with Gasteiger partial charge in [-0.25, -0.2) is 0 Å². The van der Waals surface area contributed by atoms with Crippen molar-refractivity contribution in [2.24, 2.45) is 39.4 Å². The van der Waals surface area contributed by atoms with E-state index in [1.165, 1.54) is 5.57 Å². The Morgan fingerprint density at radius 3 is 2.18 bits per heavy atom. The molecule has 0 aromatic rings. The predicted octanol–water partition coefficient (Wildman–Crippen LogP) is 6.64. The number of fused-ring (bicyclic) bond motifs is 5. The Morgan fingerprint density at radius 2 is 1.55 bits per heavy atom. The zero-order valence-electron chi connectivity index (χ0n) is 22.8. The number of allylic oxidation sites excluding steroid dienone is 2. The van der Waals surface area contributed by atoms with Gasteiger partial charge in [-0.15, -0.1) is 0 Å². The number of hydrogen-bond acceptors (Lipinski definition) is 3. The zero-order chi connectivity index (χ0) is 24.7. The Balaban J connectivity index is 1.67. The van der Waals surface area contributed by atoms with E-state index < -0.39 is 11.2 Å². The fourth-order valence-electron chi connectivity index (χ4n) is 10.4. The quantitative estimate of drug-likeness (QED) is 0.412. The fourth-order valence-corrected chi connectivity index (χ4v) is 10.4. The SMILES string of the molecule is CC(C)=CCC[C@](C)(O)[C@H]1CC[C@@]2(C)[C@]3(C)CC[C@H]4C(C)(C)[C@@H](O)CC[C@]4(C)[C@H]3CC[C@]12O. The van der Waals surface area contributed by atoms with Crippen LogP contribution in [-0.4, -0.2) is 32.6 Å². The molecule has 0 spiro atoms. The molecule has 4 fully saturated rings. The van der Waals surface area contributed by atoms with Crippen LogP contribution >= 0.6 is 0 Å². The van der Waals surface area contributed by atoms with Crippen molar-refractivity contribution < 1.29 is 15.3 Å². The third kappa shape index (κ3) is 3.38. The van der Waals surface area contributed by atoms with Crippen molar-refractivity contribution >= 4 is 0 Å². The lowest BCUT2D eigenvalue weighted by Crippen LogP contribution is -2.69. The van der Waals surface area contributed by atoms with Crippen LogP contribution in [0.1, 0.15) is 120 Å². The maximum absolute atomic E-state index is 12.5. The van der Waals surface area contributed by atoms with E-state index in [2.05, 4.69) is 54.5 Å². The maximum Gasteiger partial charge on any atom is 0.0761 e. The van der Waals surface area contributed by atoms with E-state index in [4.69, 9.17) is 0 Å². The first-order valence-electron chi connectivity index (χ1n) is 13.8. The summed E-state index contributed by atoms with van der Waals surface area (Å²) < 4.78 is 0. The molecular weight excluding hydrogens is 408 g/mol. The molecule has 0 amide bonds. The summed E-state index contributed by atoms with van der Waals surface area (Å²) in [6.07, 6.45) is 11.6. The maximum atomic E-state index is 12.5. The Morgan fingerprint density at radius 1 is 0.909 bits per heavy atom. The van der Waals surface area contributed by atoms with Crippen molar-refractivity contribution in [3.8, 4) is 0 Å². The van der Waals surface area contributed by atoms with Gasteiger partial charge in [0, 0.05) is 11.3 Å². The zero-order valence-corrected chi connectivity index (χ0v) is 22.8. The van der Waals surface area contributed by atoms with E-state index >= 15 is 0 Å². The van der Waals surface area contributed by atoms with Crippen LogP contribution in [0.25, 0.3) is 0 Å². The largest absolute Gasteiger partial charge is 0.393 e. The molecule has 0 bridgehead atoms. The topological polar surface area (TPSA) is 60.7 Å². The van der Waals surface area contributed by atoms with Crippen LogP contribution in [0.4, 0.5) is 0 Å². The average molecular weight is 461 g/mol. The Hall–Kier alpha value is -0.380. The molecule has 3 heteroatoms. The van der Waals surface area contributed by atoms with Gasteiger partial charge in [-0.3, -0.25) is 0 Å². The van der Waals surface area contributed by atoms with Crippen LogP contribution in [0.15, 0.2) is 11.6 Å². The van der Waals surface area contributed by atoms with Crippen molar-refractivity contribution in [3.05, 3.63) is 11.6 Å². The molecule has 0 aromatic heterocycles. The van der Waals surface area contributed by atoms with E-state index in [1.54, 1.807) is 0 Å². The van der Waals surface area contributed by atoms with Crippen LogP contribution in [0.2, 0.25) is 0 Å². The second-order valence-corrected chi connectivity index (χ2v) is 14.5. The Labute approximate surface area is 203 Å². The molecule has 9 atom stereocenters. The predicted molar refractivity (Wildman–Crippen MR) is 136 cm³/mol. The monoisotopic (exact) mass is 460 g/mol. The molecule has 4 aliphatic carbocycles. The molecule has 190 valence electrons. The second kappa shape index (κ2) is 7.81. The van der Waals surface area contributed by atoms with Gasteiger partial charge < -0.3 is 15.3 Å². The van der Waals surface area contributed by atoms with Gasteiger partial charge in [-0.1, -0.05) is 46.3 Å². The van der Waals surface area contributed by atoms with E-state index in [-0.39, 0.29) is 33.7 Å². The molecule has 0 saturated heterocycles. The third-order valence-corrected chi connectivity index (χ3v) is 12.5. The molecule has 0 unspecified atom stereocenters. The molecule has 4 saturated carbocycles. The van der Waals surface area contributed by atoms with Crippen LogP contribution in [-0.2, 0) is 0 Å². The van der Waals surface area contributed by atoms with Crippen LogP contribution < -0.4 is 0 Å². The van der Waals surface area contributed by atoms with Gasteiger partial charge in [0.15, 0.2) is 0 Å². The van der Waals surface area contributed by atoms with Gasteiger partial charge in [-0.05, 0) is 113 Å². The highest BCUT2D eigenvalue weighted by molar-refractivity contribution is 5.23. The second-order valence-electron chi connectivity index (χ2n) is 14.5. The molecule has 0 aromatic carbocycles. The lowest BCUT2D eigenvalue weighted by molar-refractivity contribution is -0.271. The number of aliphatic hydroxyl groups excluding tert-OH is 1. The summed E-state index contributed by atoms with van der Waals surface area (Å²) in [6.45, 7) is 18.2. The van der Waals surface area contributed by atoms with Crippen LogP contribution in [0.5, 0.6) is 0 Å². The summed E-state index contributed by atoms with van der Waals surface area (Å²) in [7, 11) is 0. The average Bonchev–Trinajstić information content (AvgIpc) is 2.98.